The number of esters is 1. The molecule has 0 fully saturated rings. The predicted molar refractivity (Wildman–Crippen MR) is 77.6 cm³/mol. The number of aryl methyl sites for hydroxylation is 1. The Balaban J connectivity index is 1.91. The van der Waals surface area contributed by atoms with Gasteiger partial charge in [0.05, 0.1) is 12.7 Å². The van der Waals surface area contributed by atoms with Crippen molar-refractivity contribution in [1.82, 2.24) is 0 Å². The highest BCUT2D eigenvalue weighted by Crippen LogP contribution is 2.38. The van der Waals surface area contributed by atoms with E-state index < -0.39 is 6.10 Å². The van der Waals surface area contributed by atoms with E-state index in [2.05, 4.69) is 6.92 Å². The molecule has 3 rings (SSSR count). The van der Waals surface area contributed by atoms with Crippen molar-refractivity contribution in [2.75, 3.05) is 7.11 Å². The maximum atomic E-state index is 11.9. The van der Waals surface area contributed by atoms with Gasteiger partial charge in [-0.1, -0.05) is 13.3 Å². The topological polar surface area (TPSA) is 48.7 Å². The minimum atomic E-state index is -0.474. The number of fused-ring (bicyclic) bond motifs is 1. The fourth-order valence-corrected chi connectivity index (χ4v) is 2.54. The van der Waals surface area contributed by atoms with Crippen LogP contribution in [0.2, 0.25) is 0 Å². The average molecular weight is 286 g/mol. The Morgan fingerprint density at radius 1 is 1.24 bits per heavy atom. The number of carbonyl (C=O) groups is 1. The first-order chi connectivity index (χ1) is 10.2. The van der Waals surface area contributed by atoms with Crippen LogP contribution < -0.4 is 4.74 Å². The van der Waals surface area contributed by atoms with Crippen molar-refractivity contribution < 1.29 is 18.7 Å². The highest BCUT2D eigenvalue weighted by molar-refractivity contribution is 5.94. The largest absolute Gasteiger partial charge is 0.497 e. The second-order valence-corrected chi connectivity index (χ2v) is 5.15. The van der Waals surface area contributed by atoms with Crippen LogP contribution in [-0.2, 0) is 11.2 Å². The number of methoxy groups -OCH3 is 1. The Hall–Kier alpha value is -2.23. The zero-order valence-electron chi connectivity index (χ0n) is 12.2. The van der Waals surface area contributed by atoms with Crippen molar-refractivity contribution in [2.45, 2.75) is 32.3 Å². The standard InChI is InChI=1S/C17H18O4/c1-3-4-5-11-7-9-15(20-11)16-14-10-12(19-2)6-8-13(14)17(18)21-16/h6-10,16H,3-5H2,1-2H3. The third kappa shape index (κ3) is 2.53. The van der Waals surface area contributed by atoms with Crippen LogP contribution >= 0.6 is 0 Å². The number of carbonyl (C=O) groups excluding carboxylic acids is 1. The lowest BCUT2D eigenvalue weighted by Crippen LogP contribution is -1.99. The van der Waals surface area contributed by atoms with E-state index in [0.717, 1.165) is 30.6 Å². The Kier molecular flexibility index (Phi) is 3.69. The summed E-state index contributed by atoms with van der Waals surface area (Å²) in [6, 6.07) is 9.17. The number of ether oxygens (including phenoxy) is 2. The first kappa shape index (κ1) is 13.7. The summed E-state index contributed by atoms with van der Waals surface area (Å²) in [6.45, 7) is 2.14. The molecule has 110 valence electrons. The van der Waals surface area contributed by atoms with Crippen molar-refractivity contribution in [3.05, 3.63) is 53.0 Å². The molecule has 0 aliphatic carbocycles. The summed E-state index contributed by atoms with van der Waals surface area (Å²) >= 11 is 0. The molecule has 21 heavy (non-hydrogen) atoms. The normalized spacial score (nSPS) is 16.7. The van der Waals surface area contributed by atoms with Gasteiger partial charge < -0.3 is 13.9 Å². The summed E-state index contributed by atoms with van der Waals surface area (Å²) in [5, 5.41) is 0. The molecule has 1 atom stereocenters. The van der Waals surface area contributed by atoms with Crippen molar-refractivity contribution >= 4 is 5.97 Å². The van der Waals surface area contributed by atoms with Gasteiger partial charge in [-0.3, -0.25) is 0 Å². The summed E-state index contributed by atoms with van der Waals surface area (Å²) in [6.07, 6.45) is 2.64. The second kappa shape index (κ2) is 5.64. The van der Waals surface area contributed by atoms with E-state index in [1.165, 1.54) is 0 Å². The molecule has 0 saturated carbocycles. The Morgan fingerprint density at radius 3 is 2.86 bits per heavy atom. The maximum Gasteiger partial charge on any atom is 0.339 e. The molecule has 2 heterocycles. The van der Waals surface area contributed by atoms with Crippen molar-refractivity contribution in [3.8, 4) is 5.75 Å². The van der Waals surface area contributed by atoms with E-state index in [9.17, 15) is 4.79 Å². The number of unbranched alkanes of at least 4 members (excludes halogenated alkanes) is 1. The first-order valence-electron chi connectivity index (χ1n) is 7.20. The Bertz CT molecular complexity index is 657. The van der Waals surface area contributed by atoms with Crippen LogP contribution in [0.1, 0.15) is 53.3 Å². The van der Waals surface area contributed by atoms with Crippen LogP contribution in [0.4, 0.5) is 0 Å². The highest BCUT2D eigenvalue weighted by Gasteiger charge is 2.34. The van der Waals surface area contributed by atoms with E-state index in [1.54, 1.807) is 19.2 Å². The van der Waals surface area contributed by atoms with Crippen LogP contribution in [0.5, 0.6) is 5.75 Å². The van der Waals surface area contributed by atoms with Gasteiger partial charge in [0, 0.05) is 12.0 Å². The SMILES string of the molecule is CCCCc1ccc(C2OC(=O)c3ccc(OC)cc32)o1. The third-order valence-electron chi connectivity index (χ3n) is 3.70. The molecule has 1 aliphatic rings. The summed E-state index contributed by atoms with van der Waals surface area (Å²) in [4.78, 5) is 11.9. The molecule has 2 aromatic rings. The molecule has 4 nitrogen and oxygen atoms in total. The van der Waals surface area contributed by atoms with Gasteiger partial charge in [-0.15, -0.1) is 0 Å². The summed E-state index contributed by atoms with van der Waals surface area (Å²) in [5.41, 5.74) is 1.38. The monoisotopic (exact) mass is 286 g/mol. The second-order valence-electron chi connectivity index (χ2n) is 5.15. The highest BCUT2D eigenvalue weighted by atomic mass is 16.6. The molecule has 1 unspecified atom stereocenters. The van der Waals surface area contributed by atoms with Gasteiger partial charge >= 0.3 is 5.97 Å². The van der Waals surface area contributed by atoms with Crippen molar-refractivity contribution in [1.29, 1.82) is 0 Å². The van der Waals surface area contributed by atoms with E-state index in [-0.39, 0.29) is 5.97 Å². The average Bonchev–Trinajstić information content (AvgIpc) is 3.09. The number of cyclic esters (lactones) is 1. The molecule has 0 saturated heterocycles. The summed E-state index contributed by atoms with van der Waals surface area (Å²) in [7, 11) is 1.60. The number of hydrogen-bond acceptors (Lipinski definition) is 4. The fourth-order valence-electron chi connectivity index (χ4n) is 2.54. The zero-order chi connectivity index (χ0) is 14.8. The van der Waals surface area contributed by atoms with Crippen LogP contribution in [0, 0.1) is 0 Å². The van der Waals surface area contributed by atoms with Gasteiger partial charge in [0.2, 0.25) is 0 Å². The molecule has 1 aliphatic heterocycles. The first-order valence-corrected chi connectivity index (χ1v) is 7.20. The van der Waals surface area contributed by atoms with Crippen LogP contribution in [0.3, 0.4) is 0 Å². The maximum absolute atomic E-state index is 11.9. The van der Waals surface area contributed by atoms with Gasteiger partial charge in [-0.25, -0.2) is 4.79 Å². The molecule has 1 aromatic carbocycles. The van der Waals surface area contributed by atoms with Gasteiger partial charge in [-0.2, -0.15) is 0 Å². The van der Waals surface area contributed by atoms with E-state index >= 15 is 0 Å². The van der Waals surface area contributed by atoms with Gasteiger partial charge in [0.15, 0.2) is 6.10 Å². The molecule has 0 radical (unpaired) electrons. The summed E-state index contributed by atoms with van der Waals surface area (Å²) < 4.78 is 16.5. The van der Waals surface area contributed by atoms with E-state index in [4.69, 9.17) is 13.9 Å². The van der Waals surface area contributed by atoms with E-state index in [1.807, 2.05) is 18.2 Å². The number of hydrogen-bond donors (Lipinski definition) is 0. The fraction of sp³-hybridized carbons (Fsp3) is 0.353. The molecular weight excluding hydrogens is 268 g/mol. The molecule has 0 amide bonds. The minimum Gasteiger partial charge on any atom is -0.497 e. The quantitative estimate of drug-likeness (QED) is 0.782. The molecule has 1 aromatic heterocycles. The van der Waals surface area contributed by atoms with Crippen LogP contribution in [0.15, 0.2) is 34.7 Å². The number of rotatable bonds is 5. The molecular formula is C17H18O4. The minimum absolute atomic E-state index is 0.316. The van der Waals surface area contributed by atoms with Gasteiger partial charge in [-0.05, 0) is 36.8 Å². The predicted octanol–water partition coefficient (Wildman–Crippen LogP) is 3.89. The lowest BCUT2D eigenvalue weighted by Gasteiger charge is -2.08. The molecule has 0 spiro atoms. The molecule has 0 N–H and O–H groups in total. The Labute approximate surface area is 123 Å². The number of benzene rings is 1. The lowest BCUT2D eigenvalue weighted by atomic mass is 10.0. The van der Waals surface area contributed by atoms with Gasteiger partial charge in [0.25, 0.3) is 0 Å². The zero-order valence-corrected chi connectivity index (χ0v) is 12.2. The number of furan rings is 1. The molecule has 4 heteroatoms. The van der Waals surface area contributed by atoms with Crippen LogP contribution in [0.25, 0.3) is 0 Å². The van der Waals surface area contributed by atoms with Gasteiger partial charge in [0.1, 0.15) is 17.3 Å². The third-order valence-corrected chi connectivity index (χ3v) is 3.70. The smallest absolute Gasteiger partial charge is 0.339 e. The van der Waals surface area contributed by atoms with Crippen molar-refractivity contribution in [3.63, 3.8) is 0 Å². The molecule has 0 bridgehead atoms. The van der Waals surface area contributed by atoms with Crippen LogP contribution in [-0.4, -0.2) is 13.1 Å². The summed E-state index contributed by atoms with van der Waals surface area (Å²) in [5.74, 6) is 1.99. The van der Waals surface area contributed by atoms with E-state index in [0.29, 0.717) is 17.1 Å². The van der Waals surface area contributed by atoms with Crippen molar-refractivity contribution in [2.24, 2.45) is 0 Å². The lowest BCUT2D eigenvalue weighted by molar-refractivity contribution is 0.0418. The Morgan fingerprint density at radius 2 is 2.10 bits per heavy atom.